The summed E-state index contributed by atoms with van der Waals surface area (Å²) in [5, 5.41) is 0. The van der Waals surface area contributed by atoms with Gasteiger partial charge in [-0.1, -0.05) is 0 Å². The van der Waals surface area contributed by atoms with Crippen molar-refractivity contribution in [1.29, 1.82) is 0 Å². The highest BCUT2D eigenvalue weighted by Crippen LogP contribution is 2.11. The average Bonchev–Trinajstić information content (AvgIpc) is 2.34. The lowest BCUT2D eigenvalue weighted by Crippen LogP contribution is -2.24. The monoisotopic (exact) mass is 271 g/mol. The molecular weight excluding hydrogens is 257 g/mol. The second-order valence-corrected chi connectivity index (χ2v) is 2.40. The van der Waals surface area contributed by atoms with Gasteiger partial charge in [0.05, 0.1) is 12.6 Å². The predicted octanol–water partition coefficient (Wildman–Crippen LogP) is 0.0568. The van der Waals surface area contributed by atoms with Crippen LogP contribution in [0, 0.1) is 0 Å². The highest BCUT2D eigenvalue weighted by atomic mass is 127. The van der Waals surface area contributed by atoms with Gasteiger partial charge in [0, 0.05) is 6.61 Å². The summed E-state index contributed by atoms with van der Waals surface area (Å²) in [4.78, 5) is 3.85. The van der Waals surface area contributed by atoms with Crippen molar-refractivity contribution < 1.29 is 4.74 Å². The molecule has 5 heteroatoms. The maximum absolute atomic E-state index is 5.29. The molecule has 1 aliphatic rings. The average molecular weight is 271 g/mol. The topological polar surface area (TPSA) is 73.6 Å². The Morgan fingerprint density at radius 3 is 2.73 bits per heavy atom. The summed E-state index contributed by atoms with van der Waals surface area (Å²) in [7, 11) is 0. The second kappa shape index (κ2) is 5.59. The van der Waals surface area contributed by atoms with Crippen LogP contribution in [0.25, 0.3) is 0 Å². The van der Waals surface area contributed by atoms with Crippen molar-refractivity contribution in [1.82, 2.24) is 0 Å². The summed E-state index contributed by atoms with van der Waals surface area (Å²) in [5.41, 5.74) is 10.3. The summed E-state index contributed by atoms with van der Waals surface area (Å²) in [5.74, 6) is 0.149. The van der Waals surface area contributed by atoms with E-state index in [-0.39, 0.29) is 36.0 Å². The van der Waals surface area contributed by atoms with Gasteiger partial charge >= 0.3 is 0 Å². The zero-order chi connectivity index (χ0) is 7.40. The van der Waals surface area contributed by atoms with Gasteiger partial charge in [0.1, 0.15) is 0 Å². The van der Waals surface area contributed by atoms with Gasteiger partial charge in [-0.05, 0) is 12.8 Å². The van der Waals surface area contributed by atoms with E-state index in [1.807, 2.05) is 0 Å². The summed E-state index contributed by atoms with van der Waals surface area (Å²) >= 11 is 0. The second-order valence-electron chi connectivity index (χ2n) is 2.40. The van der Waals surface area contributed by atoms with E-state index in [1.165, 1.54) is 0 Å². The van der Waals surface area contributed by atoms with E-state index in [0.717, 1.165) is 19.4 Å². The van der Waals surface area contributed by atoms with Gasteiger partial charge in [0.2, 0.25) is 0 Å². The molecular formula is C6H14IN3O. The number of hydrogen-bond acceptors (Lipinski definition) is 2. The van der Waals surface area contributed by atoms with Crippen LogP contribution in [0.2, 0.25) is 0 Å². The minimum atomic E-state index is 0. The Hall–Kier alpha value is -0.0400. The lowest BCUT2D eigenvalue weighted by molar-refractivity contribution is 0.118. The minimum Gasteiger partial charge on any atom is -0.376 e. The third kappa shape index (κ3) is 4.41. The van der Waals surface area contributed by atoms with E-state index in [4.69, 9.17) is 16.2 Å². The molecule has 4 N–H and O–H groups in total. The molecule has 0 saturated carbocycles. The van der Waals surface area contributed by atoms with Crippen molar-refractivity contribution in [3.8, 4) is 0 Å². The molecule has 0 spiro atoms. The fourth-order valence-corrected chi connectivity index (χ4v) is 0.996. The SMILES string of the molecule is I.NC(N)=NCC1CCCO1. The summed E-state index contributed by atoms with van der Waals surface area (Å²) in [6, 6.07) is 0. The standard InChI is InChI=1S/C6H13N3O.HI/c7-6(8)9-4-5-2-1-3-10-5;/h5H,1-4H2,(H4,7,8,9);1H. The smallest absolute Gasteiger partial charge is 0.185 e. The molecule has 1 saturated heterocycles. The summed E-state index contributed by atoms with van der Waals surface area (Å²) in [6.07, 6.45) is 2.46. The van der Waals surface area contributed by atoms with Gasteiger partial charge in [-0.25, -0.2) is 0 Å². The number of rotatable bonds is 2. The quantitative estimate of drug-likeness (QED) is 0.423. The zero-order valence-corrected chi connectivity index (χ0v) is 8.65. The van der Waals surface area contributed by atoms with E-state index < -0.39 is 0 Å². The number of halogens is 1. The molecule has 0 radical (unpaired) electrons. The first-order chi connectivity index (χ1) is 4.79. The number of nitrogens with zero attached hydrogens (tertiary/aromatic N) is 1. The fraction of sp³-hybridized carbons (Fsp3) is 0.833. The van der Waals surface area contributed by atoms with Gasteiger partial charge < -0.3 is 16.2 Å². The Morgan fingerprint density at radius 2 is 2.27 bits per heavy atom. The van der Waals surface area contributed by atoms with Crippen molar-refractivity contribution in [3.63, 3.8) is 0 Å². The summed E-state index contributed by atoms with van der Waals surface area (Å²) in [6.45, 7) is 1.47. The molecule has 0 aromatic heterocycles. The van der Waals surface area contributed by atoms with Crippen molar-refractivity contribution in [3.05, 3.63) is 0 Å². The predicted molar refractivity (Wildman–Crippen MR) is 55.1 cm³/mol. The molecule has 0 aromatic carbocycles. The molecule has 0 aliphatic carbocycles. The Kier molecular flexibility index (Phi) is 5.57. The summed E-state index contributed by atoms with van der Waals surface area (Å²) < 4.78 is 5.29. The first-order valence-corrected chi connectivity index (χ1v) is 3.46. The highest BCUT2D eigenvalue weighted by molar-refractivity contribution is 14.0. The number of hydrogen-bond donors (Lipinski definition) is 2. The van der Waals surface area contributed by atoms with Crippen LogP contribution in [0.15, 0.2) is 4.99 Å². The van der Waals surface area contributed by atoms with Crippen LogP contribution in [-0.4, -0.2) is 25.2 Å². The molecule has 1 unspecified atom stereocenters. The lowest BCUT2D eigenvalue weighted by Gasteiger charge is -2.03. The maximum atomic E-state index is 5.29. The molecule has 0 amide bonds. The first-order valence-electron chi connectivity index (χ1n) is 3.46. The molecule has 0 aromatic rings. The zero-order valence-electron chi connectivity index (χ0n) is 6.32. The first kappa shape index (κ1) is 11.0. The molecule has 1 aliphatic heterocycles. The lowest BCUT2D eigenvalue weighted by atomic mass is 10.2. The minimum absolute atomic E-state index is 0. The van der Waals surface area contributed by atoms with Crippen molar-refractivity contribution in [2.24, 2.45) is 16.5 Å². The van der Waals surface area contributed by atoms with Crippen LogP contribution >= 0.6 is 24.0 Å². The van der Waals surface area contributed by atoms with E-state index in [0.29, 0.717) is 6.54 Å². The molecule has 0 bridgehead atoms. The highest BCUT2D eigenvalue weighted by Gasteiger charge is 2.13. The van der Waals surface area contributed by atoms with Crippen molar-refractivity contribution in [2.75, 3.05) is 13.2 Å². The van der Waals surface area contributed by atoms with Crippen LogP contribution in [0.5, 0.6) is 0 Å². The van der Waals surface area contributed by atoms with E-state index in [2.05, 4.69) is 4.99 Å². The third-order valence-corrected chi connectivity index (χ3v) is 1.50. The van der Waals surface area contributed by atoms with Crippen LogP contribution in [0.4, 0.5) is 0 Å². The molecule has 1 fully saturated rings. The molecule has 1 atom stereocenters. The molecule has 66 valence electrons. The van der Waals surface area contributed by atoms with Crippen molar-refractivity contribution in [2.45, 2.75) is 18.9 Å². The number of aliphatic imine (C=N–C) groups is 1. The normalized spacial score (nSPS) is 22.4. The largest absolute Gasteiger partial charge is 0.376 e. The van der Waals surface area contributed by atoms with Gasteiger partial charge in [0.15, 0.2) is 5.96 Å². The van der Waals surface area contributed by atoms with E-state index in [9.17, 15) is 0 Å². The third-order valence-electron chi connectivity index (χ3n) is 1.50. The van der Waals surface area contributed by atoms with Crippen LogP contribution in [-0.2, 0) is 4.74 Å². The number of guanidine groups is 1. The molecule has 1 rings (SSSR count). The number of ether oxygens (including phenoxy) is 1. The Labute approximate surface area is 83.4 Å². The van der Waals surface area contributed by atoms with E-state index in [1.54, 1.807) is 0 Å². The molecule has 1 heterocycles. The van der Waals surface area contributed by atoms with Crippen molar-refractivity contribution >= 4 is 29.9 Å². The Balaban J connectivity index is 0.000001000. The van der Waals surface area contributed by atoms with E-state index >= 15 is 0 Å². The van der Waals surface area contributed by atoms with Gasteiger partial charge in [-0.2, -0.15) is 0 Å². The molecule has 4 nitrogen and oxygen atoms in total. The van der Waals surface area contributed by atoms with Crippen LogP contribution < -0.4 is 11.5 Å². The van der Waals surface area contributed by atoms with Crippen LogP contribution in [0.3, 0.4) is 0 Å². The van der Waals surface area contributed by atoms with Gasteiger partial charge in [-0.3, -0.25) is 4.99 Å². The molecule has 11 heavy (non-hydrogen) atoms. The maximum Gasteiger partial charge on any atom is 0.185 e. The number of nitrogens with two attached hydrogens (primary N) is 2. The Bertz CT molecular complexity index is 130. The van der Waals surface area contributed by atoms with Gasteiger partial charge in [-0.15, -0.1) is 24.0 Å². The Morgan fingerprint density at radius 1 is 1.55 bits per heavy atom. The van der Waals surface area contributed by atoms with Crippen LogP contribution in [0.1, 0.15) is 12.8 Å². The van der Waals surface area contributed by atoms with Gasteiger partial charge in [0.25, 0.3) is 0 Å². The fourth-order valence-electron chi connectivity index (χ4n) is 0.996.